The van der Waals surface area contributed by atoms with Crippen molar-refractivity contribution in [3.63, 3.8) is 0 Å². The van der Waals surface area contributed by atoms with Gasteiger partial charge in [-0.05, 0) is 42.7 Å². The molecular weight excluding hydrogens is 366 g/mol. The molecule has 4 rings (SSSR count). The molecule has 0 aliphatic rings. The molecule has 6 heteroatoms. The molecule has 0 amide bonds. The Labute approximate surface area is 166 Å². The molecule has 2 aromatic heterocycles. The standard InChI is InChI=1S/C22H17N5S/c23-13-17-16(9-6-12-26-15-7-2-1-3-8-15)18(14-24)22-27(21(17)25)19-10-4-5-11-20(19)28-22/h1-5,7-8,10-11,25-26H,6,9,12H2. The molecule has 0 saturated carbocycles. The zero-order valence-corrected chi connectivity index (χ0v) is 15.9. The van der Waals surface area contributed by atoms with Gasteiger partial charge in [0.1, 0.15) is 22.5 Å². The third kappa shape index (κ3) is 3.00. The van der Waals surface area contributed by atoms with Gasteiger partial charge in [0.2, 0.25) is 0 Å². The second-order valence-electron chi connectivity index (χ2n) is 6.41. The fourth-order valence-corrected chi connectivity index (χ4v) is 4.59. The summed E-state index contributed by atoms with van der Waals surface area (Å²) in [6.45, 7) is 0.727. The van der Waals surface area contributed by atoms with Crippen LogP contribution in [0.25, 0.3) is 15.0 Å². The van der Waals surface area contributed by atoms with E-state index in [0.717, 1.165) is 33.7 Å². The van der Waals surface area contributed by atoms with Crippen LogP contribution in [-0.4, -0.2) is 10.9 Å². The van der Waals surface area contributed by atoms with Gasteiger partial charge in [-0.3, -0.25) is 9.81 Å². The number of hydrogen-bond donors (Lipinski definition) is 2. The van der Waals surface area contributed by atoms with E-state index in [1.54, 1.807) is 4.40 Å². The van der Waals surface area contributed by atoms with E-state index in [9.17, 15) is 10.5 Å². The van der Waals surface area contributed by atoms with Gasteiger partial charge in [0, 0.05) is 12.2 Å². The molecule has 0 aliphatic carbocycles. The lowest BCUT2D eigenvalue weighted by atomic mass is 10.00. The van der Waals surface area contributed by atoms with E-state index in [-0.39, 0.29) is 11.1 Å². The summed E-state index contributed by atoms with van der Waals surface area (Å²) in [7, 11) is 0. The normalized spacial score (nSPS) is 10.6. The zero-order valence-electron chi connectivity index (χ0n) is 15.1. The molecule has 0 radical (unpaired) electrons. The summed E-state index contributed by atoms with van der Waals surface area (Å²) in [6, 6.07) is 22.1. The third-order valence-corrected chi connectivity index (χ3v) is 5.87. The van der Waals surface area contributed by atoms with Crippen LogP contribution in [0.2, 0.25) is 0 Å². The van der Waals surface area contributed by atoms with E-state index < -0.39 is 0 Å². The van der Waals surface area contributed by atoms with Gasteiger partial charge < -0.3 is 5.32 Å². The highest BCUT2D eigenvalue weighted by atomic mass is 32.1. The second kappa shape index (κ2) is 7.56. The van der Waals surface area contributed by atoms with Crippen LogP contribution >= 0.6 is 11.3 Å². The second-order valence-corrected chi connectivity index (χ2v) is 7.44. The lowest BCUT2D eigenvalue weighted by molar-refractivity contribution is 0.850. The van der Waals surface area contributed by atoms with Crippen molar-refractivity contribution in [2.45, 2.75) is 12.8 Å². The maximum Gasteiger partial charge on any atom is 0.149 e. The van der Waals surface area contributed by atoms with Crippen LogP contribution in [0.3, 0.4) is 0 Å². The predicted octanol–water partition coefficient (Wildman–Crippen LogP) is 4.42. The summed E-state index contributed by atoms with van der Waals surface area (Å²) < 4.78 is 2.72. The summed E-state index contributed by atoms with van der Waals surface area (Å²) in [5.41, 5.74) is 3.53. The van der Waals surface area contributed by atoms with Crippen LogP contribution in [-0.2, 0) is 6.42 Å². The van der Waals surface area contributed by atoms with Crippen LogP contribution in [0.5, 0.6) is 0 Å². The molecule has 4 aromatic rings. The third-order valence-electron chi connectivity index (χ3n) is 4.72. The lowest BCUT2D eigenvalue weighted by Crippen LogP contribution is -2.20. The smallest absolute Gasteiger partial charge is 0.149 e. The Kier molecular flexibility index (Phi) is 4.80. The van der Waals surface area contributed by atoms with Crippen LogP contribution in [0.1, 0.15) is 23.1 Å². The average molecular weight is 383 g/mol. The van der Waals surface area contributed by atoms with Gasteiger partial charge in [-0.2, -0.15) is 10.5 Å². The highest BCUT2D eigenvalue weighted by Gasteiger charge is 2.19. The Morgan fingerprint density at radius 3 is 2.43 bits per heavy atom. The van der Waals surface area contributed by atoms with E-state index >= 15 is 0 Å². The van der Waals surface area contributed by atoms with Crippen molar-refractivity contribution in [1.29, 1.82) is 15.9 Å². The van der Waals surface area contributed by atoms with Crippen molar-refractivity contribution in [1.82, 2.24) is 4.40 Å². The van der Waals surface area contributed by atoms with Gasteiger partial charge in [-0.15, -0.1) is 11.3 Å². The number of nitrogens with zero attached hydrogens (tertiary/aromatic N) is 3. The minimum atomic E-state index is 0.153. The summed E-state index contributed by atoms with van der Waals surface area (Å²) in [5.74, 6) is 0. The van der Waals surface area contributed by atoms with Crippen LogP contribution in [0.4, 0.5) is 5.69 Å². The number of pyridine rings is 1. The Hall–Kier alpha value is -3.61. The summed E-state index contributed by atoms with van der Waals surface area (Å²) >= 11 is 1.49. The molecule has 2 aromatic carbocycles. The minimum absolute atomic E-state index is 0.153. The Morgan fingerprint density at radius 1 is 0.964 bits per heavy atom. The first kappa shape index (κ1) is 17.8. The molecule has 0 atom stereocenters. The monoisotopic (exact) mass is 383 g/mol. The Balaban J connectivity index is 1.73. The average Bonchev–Trinajstić information content (AvgIpc) is 3.12. The van der Waals surface area contributed by atoms with Crippen LogP contribution in [0.15, 0.2) is 54.6 Å². The van der Waals surface area contributed by atoms with Crippen molar-refractivity contribution in [3.8, 4) is 12.1 Å². The molecule has 0 saturated heterocycles. The predicted molar refractivity (Wildman–Crippen MR) is 111 cm³/mol. The van der Waals surface area contributed by atoms with E-state index in [0.29, 0.717) is 17.5 Å². The van der Waals surface area contributed by atoms with Gasteiger partial charge in [0.05, 0.1) is 21.3 Å². The Bertz CT molecular complexity index is 1300. The number of nitrogens with one attached hydrogen (secondary N) is 2. The molecule has 0 spiro atoms. The molecule has 2 N–H and O–H groups in total. The maximum absolute atomic E-state index is 9.84. The summed E-state index contributed by atoms with van der Waals surface area (Å²) in [4.78, 5) is 0.735. The van der Waals surface area contributed by atoms with Crippen LogP contribution < -0.4 is 10.8 Å². The quantitative estimate of drug-likeness (QED) is 0.500. The largest absolute Gasteiger partial charge is 0.385 e. The molecule has 0 aliphatic heterocycles. The van der Waals surface area contributed by atoms with E-state index in [4.69, 9.17) is 5.41 Å². The minimum Gasteiger partial charge on any atom is -0.385 e. The van der Waals surface area contributed by atoms with Gasteiger partial charge in [0.15, 0.2) is 0 Å². The van der Waals surface area contributed by atoms with Crippen molar-refractivity contribution in [2.24, 2.45) is 0 Å². The number of hydrogen-bond acceptors (Lipinski definition) is 5. The highest BCUT2D eigenvalue weighted by molar-refractivity contribution is 7.24. The number of aromatic nitrogens is 1. The van der Waals surface area contributed by atoms with E-state index in [1.807, 2.05) is 54.6 Å². The van der Waals surface area contributed by atoms with E-state index in [1.165, 1.54) is 11.3 Å². The topological polar surface area (TPSA) is 87.9 Å². The molecule has 0 fully saturated rings. The molecule has 5 nitrogen and oxygen atoms in total. The SMILES string of the molecule is N#Cc1c(CCCNc2ccccc2)c(C#N)c2sc3ccccc3n2c1=N. The fourth-order valence-electron chi connectivity index (χ4n) is 3.42. The number of para-hydroxylation sites is 2. The number of rotatable bonds is 5. The molecular formula is C22H17N5S. The number of thiazole rings is 1. The number of nitriles is 2. The summed E-state index contributed by atoms with van der Waals surface area (Å²) in [5, 5.41) is 31.5. The number of benzene rings is 2. The number of anilines is 1. The fraction of sp³-hybridized carbons (Fsp3) is 0.136. The molecule has 28 heavy (non-hydrogen) atoms. The molecule has 0 bridgehead atoms. The van der Waals surface area contributed by atoms with Crippen molar-refractivity contribution in [2.75, 3.05) is 11.9 Å². The Morgan fingerprint density at radius 2 is 1.68 bits per heavy atom. The van der Waals surface area contributed by atoms with Crippen molar-refractivity contribution >= 4 is 32.1 Å². The lowest BCUT2D eigenvalue weighted by Gasteiger charge is -2.10. The van der Waals surface area contributed by atoms with Gasteiger partial charge in [-0.25, -0.2) is 0 Å². The first-order valence-corrected chi connectivity index (χ1v) is 9.79. The zero-order chi connectivity index (χ0) is 19.5. The van der Waals surface area contributed by atoms with Crippen LogP contribution in [0, 0.1) is 28.1 Å². The first-order chi connectivity index (χ1) is 13.7. The van der Waals surface area contributed by atoms with Gasteiger partial charge >= 0.3 is 0 Å². The van der Waals surface area contributed by atoms with Crippen molar-refractivity contribution in [3.05, 3.63) is 76.8 Å². The van der Waals surface area contributed by atoms with Gasteiger partial charge in [0.25, 0.3) is 0 Å². The molecule has 2 heterocycles. The first-order valence-electron chi connectivity index (χ1n) is 8.97. The van der Waals surface area contributed by atoms with Gasteiger partial charge in [-0.1, -0.05) is 30.3 Å². The highest BCUT2D eigenvalue weighted by Crippen LogP contribution is 2.30. The molecule has 0 unspecified atom stereocenters. The maximum atomic E-state index is 9.84. The number of fused-ring (bicyclic) bond motifs is 3. The molecule has 136 valence electrons. The van der Waals surface area contributed by atoms with E-state index in [2.05, 4.69) is 17.5 Å². The summed E-state index contributed by atoms with van der Waals surface area (Å²) in [6.07, 6.45) is 1.33. The van der Waals surface area contributed by atoms with Crippen molar-refractivity contribution < 1.29 is 0 Å².